The fraction of sp³-hybridized carbons (Fsp3) is 0.357. The molecule has 5 nitrogen and oxygen atoms in total. The van der Waals surface area contributed by atoms with Crippen LogP contribution >= 0.6 is 12.2 Å². The topological polar surface area (TPSA) is 67.4 Å². The third-order valence-electron chi connectivity index (χ3n) is 2.68. The minimum atomic E-state index is -0.390. The second-order valence-electron chi connectivity index (χ2n) is 4.24. The van der Waals surface area contributed by atoms with Crippen LogP contribution in [0.1, 0.15) is 18.4 Å². The average molecular weight is 294 g/mol. The van der Waals surface area contributed by atoms with Crippen LogP contribution < -0.4 is 10.6 Å². The van der Waals surface area contributed by atoms with Gasteiger partial charge in [0.05, 0.1) is 20.1 Å². The molecular formula is C14H18N2O3S. The summed E-state index contributed by atoms with van der Waals surface area (Å²) in [6.45, 7) is 2.06. The first-order chi connectivity index (χ1) is 9.52. The molecule has 0 bridgehead atoms. The molecule has 0 heterocycles. The number of para-hydroxylation sites is 1. The third kappa shape index (κ3) is 5.79. The quantitative estimate of drug-likeness (QED) is 0.616. The number of anilines is 1. The minimum absolute atomic E-state index is 0.0920. The van der Waals surface area contributed by atoms with Crippen LogP contribution in [0.5, 0.6) is 0 Å². The van der Waals surface area contributed by atoms with Crippen LogP contribution in [0.3, 0.4) is 0 Å². The molecule has 1 rings (SSSR count). The highest BCUT2D eigenvalue weighted by molar-refractivity contribution is 7.80. The lowest BCUT2D eigenvalue weighted by atomic mass is 10.2. The van der Waals surface area contributed by atoms with Crippen molar-refractivity contribution in [2.45, 2.75) is 19.8 Å². The van der Waals surface area contributed by atoms with Gasteiger partial charge >= 0.3 is 5.97 Å². The first-order valence-electron chi connectivity index (χ1n) is 6.22. The van der Waals surface area contributed by atoms with Crippen LogP contribution in [-0.4, -0.2) is 30.5 Å². The molecule has 0 spiro atoms. The number of thiocarbonyl (C=S) groups is 1. The Hall–Kier alpha value is -1.95. The molecule has 6 heteroatoms. The summed E-state index contributed by atoms with van der Waals surface area (Å²) in [4.78, 5) is 22.4. The highest BCUT2D eigenvalue weighted by Crippen LogP contribution is 2.12. The number of Topliss-reactive ketones (excluding diaryl/α,β-unsaturated/α-hetero) is 1. The number of ketones is 1. The van der Waals surface area contributed by atoms with Gasteiger partial charge in [-0.05, 0) is 30.8 Å². The van der Waals surface area contributed by atoms with Gasteiger partial charge in [-0.1, -0.05) is 18.2 Å². The Balaban J connectivity index is 2.31. The van der Waals surface area contributed by atoms with Crippen molar-refractivity contribution < 1.29 is 14.3 Å². The van der Waals surface area contributed by atoms with Gasteiger partial charge in [0.15, 0.2) is 10.9 Å². The van der Waals surface area contributed by atoms with Crippen molar-refractivity contribution in [1.29, 1.82) is 0 Å². The standard InChI is InChI=1S/C14H18N2O3S/c1-10-5-3-4-6-12(10)16-14(20)15-9-11(17)7-8-13(18)19-2/h3-6H,7-9H2,1-2H3,(H2,15,16,20). The lowest BCUT2D eigenvalue weighted by Gasteiger charge is -2.11. The maximum Gasteiger partial charge on any atom is 0.305 e. The molecule has 20 heavy (non-hydrogen) atoms. The number of carbonyl (C=O) groups is 2. The van der Waals surface area contributed by atoms with E-state index in [1.807, 2.05) is 31.2 Å². The second-order valence-corrected chi connectivity index (χ2v) is 4.65. The van der Waals surface area contributed by atoms with Crippen LogP contribution in [0, 0.1) is 6.92 Å². The van der Waals surface area contributed by atoms with E-state index in [9.17, 15) is 9.59 Å². The molecule has 108 valence electrons. The van der Waals surface area contributed by atoms with Gasteiger partial charge in [-0.3, -0.25) is 9.59 Å². The van der Waals surface area contributed by atoms with E-state index in [4.69, 9.17) is 12.2 Å². The molecule has 0 saturated heterocycles. The number of carbonyl (C=O) groups excluding carboxylic acids is 2. The zero-order valence-corrected chi connectivity index (χ0v) is 12.4. The number of hydrogen-bond acceptors (Lipinski definition) is 4. The molecule has 0 aliphatic rings. The average Bonchev–Trinajstić information content (AvgIpc) is 2.45. The van der Waals surface area contributed by atoms with E-state index in [-0.39, 0.29) is 31.1 Å². The normalized spacial score (nSPS) is 9.70. The summed E-state index contributed by atoms with van der Waals surface area (Å²) in [5.41, 5.74) is 1.96. The molecule has 0 amide bonds. The van der Waals surface area contributed by atoms with E-state index >= 15 is 0 Å². The molecule has 0 aliphatic heterocycles. The zero-order valence-electron chi connectivity index (χ0n) is 11.6. The SMILES string of the molecule is COC(=O)CCC(=O)CNC(=S)Nc1ccccc1C. The summed E-state index contributed by atoms with van der Waals surface area (Å²) < 4.78 is 4.47. The maximum atomic E-state index is 11.5. The van der Waals surface area contributed by atoms with Crippen molar-refractivity contribution >= 4 is 34.8 Å². The van der Waals surface area contributed by atoms with Crippen molar-refractivity contribution in [3.05, 3.63) is 29.8 Å². The molecule has 0 aliphatic carbocycles. The van der Waals surface area contributed by atoms with E-state index in [1.165, 1.54) is 7.11 Å². The van der Waals surface area contributed by atoms with Gasteiger partial charge in [-0.15, -0.1) is 0 Å². The van der Waals surface area contributed by atoms with Gasteiger partial charge < -0.3 is 15.4 Å². The van der Waals surface area contributed by atoms with E-state index in [0.29, 0.717) is 5.11 Å². The van der Waals surface area contributed by atoms with Crippen molar-refractivity contribution in [2.75, 3.05) is 19.0 Å². The number of esters is 1. The van der Waals surface area contributed by atoms with Crippen molar-refractivity contribution in [3.8, 4) is 0 Å². The fourth-order valence-electron chi connectivity index (χ4n) is 1.49. The highest BCUT2D eigenvalue weighted by Gasteiger charge is 2.07. The predicted octanol–water partition coefficient (Wildman–Crippen LogP) is 1.80. The van der Waals surface area contributed by atoms with Crippen molar-refractivity contribution in [1.82, 2.24) is 5.32 Å². The third-order valence-corrected chi connectivity index (χ3v) is 2.92. The largest absolute Gasteiger partial charge is 0.469 e. The molecule has 0 atom stereocenters. The highest BCUT2D eigenvalue weighted by atomic mass is 32.1. The monoisotopic (exact) mass is 294 g/mol. The zero-order chi connectivity index (χ0) is 15.0. The van der Waals surface area contributed by atoms with Gasteiger partial charge in [0.1, 0.15) is 0 Å². The summed E-state index contributed by atoms with van der Waals surface area (Å²) in [5, 5.41) is 6.22. The molecule has 0 saturated carbocycles. The summed E-state index contributed by atoms with van der Waals surface area (Å²) in [5.74, 6) is -0.483. The van der Waals surface area contributed by atoms with Crippen LogP contribution in [0.4, 0.5) is 5.69 Å². The number of methoxy groups -OCH3 is 1. The number of ether oxygens (including phenoxy) is 1. The molecule has 0 radical (unpaired) electrons. The first-order valence-corrected chi connectivity index (χ1v) is 6.62. The van der Waals surface area contributed by atoms with Gasteiger partial charge in [0.2, 0.25) is 0 Å². The number of benzene rings is 1. The van der Waals surface area contributed by atoms with Gasteiger partial charge in [-0.25, -0.2) is 0 Å². The molecule has 0 aromatic heterocycles. The number of rotatable bonds is 6. The molecule has 0 unspecified atom stereocenters. The Bertz CT molecular complexity index is 503. The lowest BCUT2D eigenvalue weighted by Crippen LogP contribution is -2.33. The smallest absolute Gasteiger partial charge is 0.305 e. The Labute approximate surface area is 123 Å². The Morgan fingerprint density at radius 3 is 2.60 bits per heavy atom. The molecule has 2 N–H and O–H groups in total. The molecule has 1 aromatic carbocycles. The lowest BCUT2D eigenvalue weighted by molar-refractivity contribution is -0.141. The number of nitrogens with one attached hydrogen (secondary N) is 2. The number of aryl methyl sites for hydroxylation is 1. The van der Waals surface area contributed by atoms with Crippen LogP contribution in [0.2, 0.25) is 0 Å². The summed E-state index contributed by atoms with van der Waals surface area (Å²) in [6.07, 6.45) is 0.238. The van der Waals surface area contributed by atoms with Crippen LogP contribution in [-0.2, 0) is 14.3 Å². The van der Waals surface area contributed by atoms with Crippen LogP contribution in [0.15, 0.2) is 24.3 Å². The van der Waals surface area contributed by atoms with Gasteiger partial charge in [0, 0.05) is 12.1 Å². The summed E-state index contributed by atoms with van der Waals surface area (Å²) in [6, 6.07) is 7.71. The molecular weight excluding hydrogens is 276 g/mol. The fourth-order valence-corrected chi connectivity index (χ4v) is 1.67. The predicted molar refractivity (Wildman–Crippen MR) is 81.7 cm³/mol. The first kappa shape index (κ1) is 16.1. The summed E-state index contributed by atoms with van der Waals surface area (Å²) >= 11 is 5.11. The van der Waals surface area contributed by atoms with Gasteiger partial charge in [0.25, 0.3) is 0 Å². The Kier molecular flexibility index (Phi) is 6.66. The Morgan fingerprint density at radius 1 is 1.25 bits per heavy atom. The van der Waals surface area contributed by atoms with E-state index in [0.717, 1.165) is 11.3 Å². The molecule has 1 aromatic rings. The Morgan fingerprint density at radius 2 is 1.95 bits per heavy atom. The van der Waals surface area contributed by atoms with E-state index in [1.54, 1.807) is 0 Å². The molecule has 0 fully saturated rings. The summed E-state index contributed by atoms with van der Waals surface area (Å²) in [7, 11) is 1.30. The van der Waals surface area contributed by atoms with E-state index in [2.05, 4.69) is 15.4 Å². The second kappa shape index (κ2) is 8.27. The maximum absolute atomic E-state index is 11.5. The van der Waals surface area contributed by atoms with Crippen molar-refractivity contribution in [3.63, 3.8) is 0 Å². The van der Waals surface area contributed by atoms with Gasteiger partial charge in [-0.2, -0.15) is 0 Å². The van der Waals surface area contributed by atoms with E-state index < -0.39 is 0 Å². The number of hydrogen-bond donors (Lipinski definition) is 2. The minimum Gasteiger partial charge on any atom is -0.469 e. The van der Waals surface area contributed by atoms with Crippen LogP contribution in [0.25, 0.3) is 0 Å². The van der Waals surface area contributed by atoms with Crippen molar-refractivity contribution in [2.24, 2.45) is 0 Å².